The van der Waals surface area contributed by atoms with E-state index in [1.54, 1.807) is 0 Å². The second-order valence-corrected chi connectivity index (χ2v) is 6.34. The molecule has 21 heavy (non-hydrogen) atoms. The summed E-state index contributed by atoms with van der Waals surface area (Å²) in [6, 6.07) is 15.3. The van der Waals surface area contributed by atoms with Crippen LogP contribution in [0.3, 0.4) is 0 Å². The Morgan fingerprint density at radius 2 is 1.05 bits per heavy atom. The van der Waals surface area contributed by atoms with Gasteiger partial charge in [0.1, 0.15) is 0 Å². The maximum Gasteiger partial charge on any atom is 0.150 e. The Hall–Kier alpha value is -1.32. The highest BCUT2D eigenvalue weighted by Crippen LogP contribution is 2.55. The van der Waals surface area contributed by atoms with Crippen molar-refractivity contribution in [3.8, 4) is 0 Å². The van der Waals surface area contributed by atoms with Crippen molar-refractivity contribution in [1.82, 2.24) is 0 Å². The Morgan fingerprint density at radius 1 is 0.667 bits per heavy atom. The average molecular weight is 319 g/mol. The van der Waals surface area contributed by atoms with E-state index in [2.05, 4.69) is 12.2 Å². The number of hydrogen-bond donors (Lipinski definition) is 0. The van der Waals surface area contributed by atoms with Crippen molar-refractivity contribution in [3.05, 3.63) is 81.9 Å². The van der Waals surface area contributed by atoms with Crippen LogP contribution in [0.25, 0.3) is 0 Å². The number of rotatable bonds is 2. The molecule has 2 aromatic rings. The van der Waals surface area contributed by atoms with Crippen LogP contribution in [0.2, 0.25) is 10.0 Å². The Balaban J connectivity index is 1.71. The van der Waals surface area contributed by atoms with Gasteiger partial charge < -0.3 is 0 Å². The summed E-state index contributed by atoms with van der Waals surface area (Å²) in [5.74, 6) is 0. The first-order valence-corrected chi connectivity index (χ1v) is 7.47. The van der Waals surface area contributed by atoms with Gasteiger partial charge in [-0.15, -0.1) is 0 Å². The first kappa shape index (κ1) is 13.4. The van der Waals surface area contributed by atoms with E-state index in [4.69, 9.17) is 33.0 Å². The van der Waals surface area contributed by atoms with Crippen LogP contribution < -0.4 is 0 Å². The lowest BCUT2D eigenvalue weighted by Crippen LogP contribution is -2.20. The Kier molecular flexibility index (Phi) is 2.92. The quantitative estimate of drug-likeness (QED) is 0.572. The van der Waals surface area contributed by atoms with Gasteiger partial charge in [0.25, 0.3) is 0 Å². The van der Waals surface area contributed by atoms with Crippen LogP contribution in [-0.4, -0.2) is 0 Å². The molecule has 1 aliphatic carbocycles. The lowest BCUT2D eigenvalue weighted by atomic mass is 9.86. The van der Waals surface area contributed by atoms with E-state index < -0.39 is 11.2 Å². The Morgan fingerprint density at radius 3 is 1.38 bits per heavy atom. The lowest BCUT2D eigenvalue weighted by Gasteiger charge is -2.22. The SMILES string of the molecule is Clc1ccc(C23C=CC(c4ccc(Cl)cc4)(C2)OO3)cc1. The van der Waals surface area contributed by atoms with Gasteiger partial charge in [0, 0.05) is 16.5 Å². The predicted octanol–water partition coefficient (Wildman–Crippen LogP) is 5.01. The highest BCUT2D eigenvalue weighted by molar-refractivity contribution is 6.30. The van der Waals surface area contributed by atoms with E-state index >= 15 is 0 Å². The molecule has 1 fully saturated rings. The van der Waals surface area contributed by atoms with Crippen molar-refractivity contribution in [2.24, 2.45) is 0 Å². The van der Waals surface area contributed by atoms with Crippen LogP contribution in [0.5, 0.6) is 0 Å². The zero-order valence-corrected chi connectivity index (χ0v) is 12.6. The fourth-order valence-corrected chi connectivity index (χ4v) is 3.25. The molecule has 4 rings (SSSR count). The largest absolute Gasteiger partial charge is 0.220 e. The number of benzene rings is 2. The van der Waals surface area contributed by atoms with E-state index in [9.17, 15) is 0 Å². The van der Waals surface area contributed by atoms with Crippen LogP contribution >= 0.6 is 23.2 Å². The van der Waals surface area contributed by atoms with Crippen molar-refractivity contribution in [1.29, 1.82) is 0 Å². The van der Waals surface area contributed by atoms with Crippen molar-refractivity contribution >= 4 is 23.2 Å². The summed E-state index contributed by atoms with van der Waals surface area (Å²) >= 11 is 11.9. The molecule has 2 aromatic carbocycles. The van der Waals surface area contributed by atoms with Gasteiger partial charge in [0.2, 0.25) is 0 Å². The number of fused-ring (bicyclic) bond motifs is 2. The summed E-state index contributed by atoms with van der Waals surface area (Å²) in [7, 11) is 0. The van der Waals surface area contributed by atoms with Gasteiger partial charge in [-0.05, 0) is 47.5 Å². The molecule has 0 radical (unpaired) electrons. The molecule has 0 N–H and O–H groups in total. The summed E-state index contributed by atoms with van der Waals surface area (Å²) in [4.78, 5) is 11.4. The first-order chi connectivity index (χ1) is 10.1. The molecule has 0 amide bonds. The maximum absolute atomic E-state index is 5.95. The maximum atomic E-state index is 5.95. The van der Waals surface area contributed by atoms with Gasteiger partial charge in [0.05, 0.1) is 0 Å². The Bertz CT molecular complexity index is 647. The van der Waals surface area contributed by atoms with Crippen LogP contribution in [-0.2, 0) is 21.0 Å². The van der Waals surface area contributed by atoms with Crippen molar-refractivity contribution < 1.29 is 9.78 Å². The lowest BCUT2D eigenvalue weighted by molar-refractivity contribution is -0.346. The number of halogens is 2. The minimum Gasteiger partial charge on any atom is -0.220 e. The van der Waals surface area contributed by atoms with Gasteiger partial charge >= 0.3 is 0 Å². The van der Waals surface area contributed by atoms with Crippen LogP contribution in [0.1, 0.15) is 17.5 Å². The van der Waals surface area contributed by atoms with E-state index in [0.29, 0.717) is 16.5 Å². The molecule has 2 bridgehead atoms. The minimum absolute atomic E-state index is 0.537. The second-order valence-electron chi connectivity index (χ2n) is 5.47. The molecule has 0 aromatic heterocycles. The van der Waals surface area contributed by atoms with Crippen LogP contribution in [0, 0.1) is 0 Å². The molecule has 2 atom stereocenters. The van der Waals surface area contributed by atoms with Crippen molar-refractivity contribution in [2.75, 3.05) is 0 Å². The second kappa shape index (κ2) is 4.59. The summed E-state index contributed by atoms with van der Waals surface area (Å²) < 4.78 is 0. The molecule has 106 valence electrons. The molecule has 1 saturated heterocycles. The monoisotopic (exact) mass is 318 g/mol. The van der Waals surface area contributed by atoms with Crippen LogP contribution in [0.4, 0.5) is 0 Å². The molecule has 2 unspecified atom stereocenters. The third-order valence-electron chi connectivity index (χ3n) is 4.15. The normalized spacial score (nSPS) is 30.0. The molecule has 0 spiro atoms. The molecule has 4 heteroatoms. The fourth-order valence-electron chi connectivity index (χ4n) is 3.00. The van der Waals surface area contributed by atoms with Gasteiger partial charge in [-0.2, -0.15) is 0 Å². The Labute approximate surface area is 132 Å². The summed E-state index contributed by atoms with van der Waals surface area (Å²) in [6.07, 6.45) is 4.84. The fraction of sp³-hybridized carbons (Fsp3) is 0.176. The highest BCUT2D eigenvalue weighted by atomic mass is 35.5. The third-order valence-corrected chi connectivity index (χ3v) is 4.66. The molecule has 2 aliphatic rings. The standard InChI is InChI=1S/C17H12Cl2O2/c18-14-5-1-12(2-6-14)16-9-10-17(11-16,21-20-16)13-3-7-15(19)8-4-13/h1-10H,11H2. The van der Waals surface area contributed by atoms with Crippen molar-refractivity contribution in [3.63, 3.8) is 0 Å². The molecular formula is C17H12Cl2O2. The van der Waals surface area contributed by atoms with E-state index in [1.165, 1.54) is 0 Å². The van der Waals surface area contributed by atoms with Crippen molar-refractivity contribution in [2.45, 2.75) is 17.6 Å². The summed E-state index contributed by atoms with van der Waals surface area (Å²) in [5.41, 5.74) is 1.00. The van der Waals surface area contributed by atoms with Gasteiger partial charge in [-0.25, -0.2) is 9.78 Å². The minimum atomic E-state index is -0.537. The topological polar surface area (TPSA) is 18.5 Å². The van der Waals surface area contributed by atoms with Gasteiger partial charge in [-0.3, -0.25) is 0 Å². The third kappa shape index (κ3) is 2.02. The smallest absolute Gasteiger partial charge is 0.150 e. The van der Waals surface area contributed by atoms with Gasteiger partial charge in [-0.1, -0.05) is 47.5 Å². The van der Waals surface area contributed by atoms with E-state index in [1.807, 2.05) is 48.5 Å². The predicted molar refractivity (Wildman–Crippen MR) is 82.2 cm³/mol. The zero-order chi connectivity index (χ0) is 14.5. The van der Waals surface area contributed by atoms with Crippen LogP contribution in [0.15, 0.2) is 60.7 Å². The zero-order valence-electron chi connectivity index (χ0n) is 11.1. The molecule has 1 heterocycles. The molecule has 0 saturated carbocycles. The summed E-state index contributed by atoms with van der Waals surface area (Å²) in [5, 5.41) is 1.42. The average Bonchev–Trinajstić information content (AvgIpc) is 3.07. The first-order valence-electron chi connectivity index (χ1n) is 6.71. The molecule has 1 aliphatic heterocycles. The summed E-state index contributed by atoms with van der Waals surface area (Å²) in [6.45, 7) is 0. The molecular weight excluding hydrogens is 307 g/mol. The highest BCUT2D eigenvalue weighted by Gasteiger charge is 2.56. The van der Waals surface area contributed by atoms with E-state index in [0.717, 1.165) is 11.1 Å². The van der Waals surface area contributed by atoms with Gasteiger partial charge in [0.15, 0.2) is 11.2 Å². The number of hydrogen-bond acceptors (Lipinski definition) is 2. The van der Waals surface area contributed by atoms with E-state index in [-0.39, 0.29) is 0 Å². The molecule has 2 nitrogen and oxygen atoms in total.